The van der Waals surface area contributed by atoms with Crippen molar-refractivity contribution in [1.29, 1.82) is 0 Å². The van der Waals surface area contributed by atoms with Gasteiger partial charge in [-0.3, -0.25) is 0 Å². The van der Waals surface area contributed by atoms with Crippen LogP contribution < -0.4 is 4.74 Å². The molecular weight excluding hydrogens is 300 g/mol. The highest BCUT2D eigenvalue weighted by Crippen LogP contribution is 2.30. The number of benzene rings is 1. The van der Waals surface area contributed by atoms with Crippen LogP contribution in [0.5, 0.6) is 11.6 Å². The first-order valence-electron chi connectivity index (χ1n) is 5.58. The molecule has 7 heteroatoms. The summed E-state index contributed by atoms with van der Waals surface area (Å²) in [4.78, 5) is 19.9. The maximum atomic E-state index is 11.8. The SMILES string of the molecule is COC(=O)c1c(Cl)nc(SC)nc1Oc1ccccc1. The summed E-state index contributed by atoms with van der Waals surface area (Å²) < 4.78 is 10.3. The maximum Gasteiger partial charge on any atom is 0.346 e. The Bertz CT molecular complexity index is 623. The predicted molar refractivity (Wildman–Crippen MR) is 76.7 cm³/mol. The van der Waals surface area contributed by atoms with E-state index in [1.807, 2.05) is 18.2 Å². The van der Waals surface area contributed by atoms with Crippen LogP contribution in [0.4, 0.5) is 0 Å². The Morgan fingerprint density at radius 3 is 2.55 bits per heavy atom. The van der Waals surface area contributed by atoms with Crippen molar-refractivity contribution in [3.8, 4) is 11.6 Å². The van der Waals surface area contributed by atoms with Crippen LogP contribution in [0.1, 0.15) is 10.4 Å². The molecule has 0 aliphatic carbocycles. The van der Waals surface area contributed by atoms with Gasteiger partial charge in [0, 0.05) is 0 Å². The molecule has 0 spiro atoms. The summed E-state index contributed by atoms with van der Waals surface area (Å²) >= 11 is 7.30. The topological polar surface area (TPSA) is 61.3 Å². The van der Waals surface area contributed by atoms with Crippen molar-refractivity contribution < 1.29 is 14.3 Å². The molecular formula is C13H11ClN2O3S. The standard InChI is InChI=1S/C13H11ClN2O3S/c1-18-12(17)9-10(14)15-13(20-2)16-11(9)19-8-6-4-3-5-7-8/h3-7H,1-2H3. The number of nitrogens with zero attached hydrogens (tertiary/aromatic N) is 2. The van der Waals surface area contributed by atoms with E-state index in [9.17, 15) is 4.79 Å². The molecule has 0 bridgehead atoms. The van der Waals surface area contributed by atoms with Crippen molar-refractivity contribution >= 4 is 29.3 Å². The van der Waals surface area contributed by atoms with Crippen molar-refractivity contribution in [2.45, 2.75) is 5.16 Å². The molecule has 104 valence electrons. The summed E-state index contributed by atoms with van der Waals surface area (Å²) in [6.45, 7) is 0. The van der Waals surface area contributed by atoms with Gasteiger partial charge in [0.15, 0.2) is 15.9 Å². The first-order valence-corrected chi connectivity index (χ1v) is 7.18. The van der Waals surface area contributed by atoms with Gasteiger partial charge >= 0.3 is 5.97 Å². The minimum atomic E-state index is -0.645. The number of methoxy groups -OCH3 is 1. The molecule has 0 aliphatic heterocycles. The van der Waals surface area contributed by atoms with Gasteiger partial charge in [-0.15, -0.1) is 0 Å². The first kappa shape index (κ1) is 14.6. The summed E-state index contributed by atoms with van der Waals surface area (Å²) in [5, 5.41) is 0.413. The second-order valence-electron chi connectivity index (χ2n) is 3.59. The summed E-state index contributed by atoms with van der Waals surface area (Å²) in [6, 6.07) is 8.97. The molecule has 1 aromatic carbocycles. The van der Waals surface area contributed by atoms with E-state index < -0.39 is 5.97 Å². The van der Waals surface area contributed by atoms with Crippen molar-refractivity contribution in [1.82, 2.24) is 9.97 Å². The van der Waals surface area contributed by atoms with Crippen LogP contribution in [0, 0.1) is 0 Å². The molecule has 1 aromatic heterocycles. The first-order chi connectivity index (χ1) is 9.65. The van der Waals surface area contributed by atoms with Crippen LogP contribution in [0.25, 0.3) is 0 Å². The van der Waals surface area contributed by atoms with E-state index in [2.05, 4.69) is 14.7 Å². The highest BCUT2D eigenvalue weighted by atomic mass is 35.5. The third kappa shape index (κ3) is 3.20. The molecule has 0 saturated heterocycles. The molecule has 0 radical (unpaired) electrons. The number of esters is 1. The van der Waals surface area contributed by atoms with Gasteiger partial charge < -0.3 is 9.47 Å². The number of rotatable bonds is 4. The molecule has 0 atom stereocenters. The van der Waals surface area contributed by atoms with Crippen LogP contribution >= 0.6 is 23.4 Å². The number of ether oxygens (including phenoxy) is 2. The number of carbonyl (C=O) groups excluding carboxylic acids is 1. The lowest BCUT2D eigenvalue weighted by molar-refractivity contribution is 0.0596. The van der Waals surface area contributed by atoms with E-state index in [1.54, 1.807) is 18.4 Å². The van der Waals surface area contributed by atoms with E-state index in [4.69, 9.17) is 16.3 Å². The molecule has 0 amide bonds. The van der Waals surface area contributed by atoms with E-state index >= 15 is 0 Å². The molecule has 0 unspecified atom stereocenters. The molecule has 1 heterocycles. The molecule has 2 rings (SSSR count). The van der Waals surface area contributed by atoms with Crippen LogP contribution in [0.3, 0.4) is 0 Å². The molecule has 20 heavy (non-hydrogen) atoms. The van der Waals surface area contributed by atoms with Gasteiger partial charge in [0.2, 0.25) is 5.88 Å². The fourth-order valence-electron chi connectivity index (χ4n) is 1.43. The smallest absolute Gasteiger partial charge is 0.346 e. The average Bonchev–Trinajstić information content (AvgIpc) is 2.47. The molecule has 2 aromatic rings. The number of hydrogen-bond acceptors (Lipinski definition) is 6. The fraction of sp³-hybridized carbons (Fsp3) is 0.154. The third-order valence-electron chi connectivity index (χ3n) is 2.34. The van der Waals surface area contributed by atoms with Gasteiger partial charge in [0.05, 0.1) is 7.11 Å². The van der Waals surface area contributed by atoms with Gasteiger partial charge in [0.1, 0.15) is 5.75 Å². The lowest BCUT2D eigenvalue weighted by Crippen LogP contribution is -2.08. The van der Waals surface area contributed by atoms with Gasteiger partial charge in [-0.1, -0.05) is 41.6 Å². The maximum absolute atomic E-state index is 11.8. The highest BCUT2D eigenvalue weighted by Gasteiger charge is 2.22. The van der Waals surface area contributed by atoms with Gasteiger partial charge in [-0.25, -0.2) is 9.78 Å². The van der Waals surface area contributed by atoms with Crippen molar-refractivity contribution in [2.75, 3.05) is 13.4 Å². The number of thioether (sulfide) groups is 1. The zero-order valence-corrected chi connectivity index (χ0v) is 12.4. The second-order valence-corrected chi connectivity index (χ2v) is 4.72. The monoisotopic (exact) mass is 310 g/mol. The van der Waals surface area contributed by atoms with E-state index in [0.717, 1.165) is 0 Å². The Labute approximate surface area is 125 Å². The number of carbonyl (C=O) groups is 1. The third-order valence-corrected chi connectivity index (χ3v) is 3.16. The quantitative estimate of drug-likeness (QED) is 0.373. The number of hydrogen-bond donors (Lipinski definition) is 0. The summed E-state index contributed by atoms with van der Waals surface area (Å²) in [5.74, 6) is -0.0274. The molecule has 5 nitrogen and oxygen atoms in total. The minimum absolute atomic E-state index is 0.00197. The normalized spacial score (nSPS) is 10.2. The van der Waals surface area contributed by atoms with Crippen molar-refractivity contribution in [3.05, 3.63) is 41.0 Å². The van der Waals surface area contributed by atoms with E-state index in [1.165, 1.54) is 18.9 Å². The number of aromatic nitrogens is 2. The average molecular weight is 311 g/mol. The van der Waals surface area contributed by atoms with Crippen molar-refractivity contribution in [3.63, 3.8) is 0 Å². The Kier molecular flexibility index (Phi) is 4.81. The Morgan fingerprint density at radius 1 is 1.25 bits per heavy atom. The van der Waals surface area contributed by atoms with Gasteiger partial charge in [-0.2, -0.15) is 4.98 Å². The second kappa shape index (κ2) is 6.58. The van der Waals surface area contributed by atoms with Crippen LogP contribution in [0.15, 0.2) is 35.5 Å². The minimum Gasteiger partial charge on any atom is -0.465 e. The van der Waals surface area contributed by atoms with Gasteiger partial charge in [0.25, 0.3) is 0 Å². The number of halogens is 1. The predicted octanol–water partition coefficient (Wildman–Crippen LogP) is 3.43. The lowest BCUT2D eigenvalue weighted by Gasteiger charge is -2.10. The van der Waals surface area contributed by atoms with Gasteiger partial charge in [-0.05, 0) is 18.4 Å². The van der Waals surface area contributed by atoms with Crippen LogP contribution in [-0.4, -0.2) is 29.3 Å². The molecule has 0 saturated carbocycles. The summed E-state index contributed by atoms with van der Waals surface area (Å²) in [6.07, 6.45) is 1.80. The fourth-order valence-corrected chi connectivity index (χ4v) is 2.08. The zero-order chi connectivity index (χ0) is 14.5. The molecule has 0 N–H and O–H groups in total. The van der Waals surface area contributed by atoms with Crippen LogP contribution in [-0.2, 0) is 4.74 Å². The Morgan fingerprint density at radius 2 is 1.95 bits per heavy atom. The molecule has 0 fully saturated rings. The van der Waals surface area contributed by atoms with Crippen molar-refractivity contribution in [2.24, 2.45) is 0 Å². The van der Waals surface area contributed by atoms with E-state index in [0.29, 0.717) is 10.9 Å². The summed E-state index contributed by atoms with van der Waals surface area (Å²) in [7, 11) is 1.26. The highest BCUT2D eigenvalue weighted by molar-refractivity contribution is 7.98. The Hall–Kier alpha value is -1.79. The largest absolute Gasteiger partial charge is 0.465 e. The molecule has 0 aliphatic rings. The number of para-hydroxylation sites is 1. The lowest BCUT2D eigenvalue weighted by atomic mass is 10.3. The zero-order valence-electron chi connectivity index (χ0n) is 10.8. The van der Waals surface area contributed by atoms with Crippen LogP contribution in [0.2, 0.25) is 5.15 Å². The summed E-state index contributed by atoms with van der Waals surface area (Å²) in [5.41, 5.74) is 0.0100. The Balaban J connectivity index is 2.48. The van der Waals surface area contributed by atoms with E-state index in [-0.39, 0.29) is 16.6 Å².